The third-order valence-electron chi connectivity index (χ3n) is 11.2. The van der Waals surface area contributed by atoms with E-state index in [0.29, 0.717) is 19.3 Å². The van der Waals surface area contributed by atoms with E-state index in [4.69, 9.17) is 13.9 Å². The lowest BCUT2D eigenvalue weighted by Crippen LogP contribution is -2.70. The molecule has 4 aliphatic carbocycles. The summed E-state index contributed by atoms with van der Waals surface area (Å²) in [7, 11) is 0. The molecule has 0 bridgehead atoms. The molecule has 0 aromatic carbocycles. The predicted molar refractivity (Wildman–Crippen MR) is 152 cm³/mol. The lowest BCUT2D eigenvalue weighted by Gasteiger charge is -2.67. The van der Waals surface area contributed by atoms with Gasteiger partial charge in [-0.2, -0.15) is 0 Å². The van der Waals surface area contributed by atoms with E-state index < -0.39 is 28.5 Å². The zero-order chi connectivity index (χ0) is 29.1. The average Bonchev–Trinajstić information content (AvgIpc) is 3.52. The number of hydrogen-bond acceptors (Lipinski definition) is 6. The SMILES string of the molecule is CCCC(=O)O[C@H]1[C@@H](OC(=O)CCC)[C@@]2(C)C3=CC[C@@H](c4ccoc4)[C@]3(C)CC[C@@H]2[C@@]2(C)C=CC(=O)C(C)(C)[C@H]12. The first-order chi connectivity index (χ1) is 18.9. The van der Waals surface area contributed by atoms with Crippen molar-refractivity contribution in [2.24, 2.45) is 33.5 Å². The van der Waals surface area contributed by atoms with E-state index in [0.717, 1.165) is 19.3 Å². The van der Waals surface area contributed by atoms with Gasteiger partial charge < -0.3 is 13.9 Å². The van der Waals surface area contributed by atoms with Crippen molar-refractivity contribution in [3.05, 3.63) is 48.0 Å². The molecular formula is C34H46O6. The van der Waals surface area contributed by atoms with Crippen LogP contribution in [0.25, 0.3) is 0 Å². The van der Waals surface area contributed by atoms with Gasteiger partial charge in [-0.05, 0) is 72.5 Å². The second-order valence-corrected chi connectivity index (χ2v) is 13.9. The fourth-order valence-electron chi connectivity index (χ4n) is 9.54. The van der Waals surface area contributed by atoms with Crippen LogP contribution >= 0.6 is 0 Å². The van der Waals surface area contributed by atoms with Crippen LogP contribution in [0.1, 0.15) is 105 Å². The van der Waals surface area contributed by atoms with E-state index >= 15 is 0 Å². The summed E-state index contributed by atoms with van der Waals surface area (Å²) in [5.41, 5.74) is 0.503. The molecule has 0 unspecified atom stereocenters. The molecule has 40 heavy (non-hydrogen) atoms. The molecule has 0 radical (unpaired) electrons. The van der Waals surface area contributed by atoms with Gasteiger partial charge in [0.05, 0.1) is 12.5 Å². The highest BCUT2D eigenvalue weighted by Gasteiger charge is 2.72. The maximum Gasteiger partial charge on any atom is 0.306 e. The number of ketones is 1. The molecule has 4 aliphatic rings. The molecular weight excluding hydrogens is 504 g/mol. The van der Waals surface area contributed by atoms with Gasteiger partial charge in [0.2, 0.25) is 0 Å². The van der Waals surface area contributed by atoms with Crippen molar-refractivity contribution in [1.29, 1.82) is 0 Å². The molecule has 218 valence electrons. The van der Waals surface area contributed by atoms with Gasteiger partial charge in [0.25, 0.3) is 0 Å². The van der Waals surface area contributed by atoms with Crippen molar-refractivity contribution in [3.8, 4) is 0 Å². The maximum absolute atomic E-state index is 13.4. The van der Waals surface area contributed by atoms with Crippen LogP contribution in [-0.2, 0) is 23.9 Å². The lowest BCUT2D eigenvalue weighted by molar-refractivity contribution is -0.239. The number of fused-ring (bicyclic) bond motifs is 5. The van der Waals surface area contributed by atoms with E-state index in [1.54, 1.807) is 12.3 Å². The number of rotatable bonds is 7. The Balaban J connectivity index is 1.71. The fourth-order valence-corrected chi connectivity index (χ4v) is 9.54. The Kier molecular flexibility index (Phi) is 7.24. The number of allylic oxidation sites excluding steroid dienone is 3. The van der Waals surface area contributed by atoms with Crippen LogP contribution in [0, 0.1) is 33.5 Å². The van der Waals surface area contributed by atoms with Crippen LogP contribution < -0.4 is 0 Å². The molecule has 0 spiro atoms. The quantitative estimate of drug-likeness (QED) is 0.261. The predicted octanol–water partition coefficient (Wildman–Crippen LogP) is 7.34. The highest BCUT2D eigenvalue weighted by molar-refractivity contribution is 5.96. The molecule has 0 aliphatic heterocycles. The summed E-state index contributed by atoms with van der Waals surface area (Å²) in [5, 5.41) is 0. The number of furan rings is 1. The van der Waals surface area contributed by atoms with Gasteiger partial charge >= 0.3 is 11.9 Å². The van der Waals surface area contributed by atoms with Crippen molar-refractivity contribution in [1.82, 2.24) is 0 Å². The van der Waals surface area contributed by atoms with Crippen LogP contribution in [0.5, 0.6) is 0 Å². The standard InChI is InChI=1S/C34H46O6/c1-8-10-26(36)39-28-29-31(3,4)25(35)15-18-33(29,6)24-14-17-32(5)22(21-16-19-38-20-21)12-13-23(32)34(24,7)30(28)40-27(37)11-9-2/h13,15-16,18-20,22,24,28-30H,8-12,14,17H2,1-7H3/t22-,24+,28+,29-,30+,32-,33+,34-/m0/s1. The minimum absolute atomic E-state index is 0.0227. The van der Waals surface area contributed by atoms with Crippen molar-refractivity contribution in [3.63, 3.8) is 0 Å². The molecule has 2 fully saturated rings. The van der Waals surface area contributed by atoms with E-state index in [2.05, 4.69) is 39.0 Å². The highest BCUT2D eigenvalue weighted by Crippen LogP contribution is 2.73. The number of carbonyl (C=O) groups excluding carboxylic acids is 3. The molecule has 6 nitrogen and oxygen atoms in total. The summed E-state index contributed by atoms with van der Waals surface area (Å²) >= 11 is 0. The molecule has 2 saturated carbocycles. The van der Waals surface area contributed by atoms with Gasteiger partial charge in [-0.3, -0.25) is 14.4 Å². The second kappa shape index (κ2) is 10.0. The Morgan fingerprint density at radius 1 is 1.02 bits per heavy atom. The molecule has 5 rings (SSSR count). The number of ether oxygens (including phenoxy) is 2. The summed E-state index contributed by atoms with van der Waals surface area (Å²) in [4.78, 5) is 39.9. The molecule has 0 N–H and O–H groups in total. The molecule has 0 saturated heterocycles. The monoisotopic (exact) mass is 550 g/mol. The summed E-state index contributed by atoms with van der Waals surface area (Å²) in [6, 6.07) is 2.06. The first-order valence-corrected chi connectivity index (χ1v) is 15.2. The zero-order valence-corrected chi connectivity index (χ0v) is 25.3. The van der Waals surface area contributed by atoms with E-state index in [1.807, 2.05) is 34.0 Å². The lowest BCUT2D eigenvalue weighted by atomic mass is 9.37. The third kappa shape index (κ3) is 4.07. The van der Waals surface area contributed by atoms with Gasteiger partial charge in [0.15, 0.2) is 5.78 Å². The molecule has 1 aromatic rings. The van der Waals surface area contributed by atoms with Gasteiger partial charge in [0.1, 0.15) is 12.2 Å². The topological polar surface area (TPSA) is 82.8 Å². The molecule has 8 atom stereocenters. The van der Waals surface area contributed by atoms with Crippen molar-refractivity contribution >= 4 is 17.7 Å². The Morgan fingerprint density at radius 2 is 1.70 bits per heavy atom. The molecule has 1 heterocycles. The Labute approximate surface area is 238 Å². The molecule has 0 amide bonds. The minimum atomic E-state index is -0.790. The number of hydrogen-bond donors (Lipinski definition) is 0. The Morgan fingerprint density at radius 3 is 2.33 bits per heavy atom. The summed E-state index contributed by atoms with van der Waals surface area (Å²) in [6.45, 7) is 14.7. The maximum atomic E-state index is 13.4. The van der Waals surface area contributed by atoms with Crippen molar-refractivity contribution in [2.75, 3.05) is 0 Å². The second-order valence-electron chi connectivity index (χ2n) is 13.9. The van der Waals surface area contributed by atoms with Crippen molar-refractivity contribution < 1.29 is 28.3 Å². The first-order valence-electron chi connectivity index (χ1n) is 15.2. The Hall–Kier alpha value is -2.63. The number of carbonyl (C=O) groups is 3. The van der Waals surface area contributed by atoms with Gasteiger partial charge in [-0.25, -0.2) is 0 Å². The van der Waals surface area contributed by atoms with E-state index in [-0.39, 0.29) is 47.3 Å². The third-order valence-corrected chi connectivity index (χ3v) is 11.2. The van der Waals surface area contributed by atoms with Gasteiger partial charge in [0, 0.05) is 29.6 Å². The number of esters is 2. The van der Waals surface area contributed by atoms with Crippen LogP contribution in [0.15, 0.2) is 46.8 Å². The van der Waals surface area contributed by atoms with Gasteiger partial charge in [-0.1, -0.05) is 66.2 Å². The summed E-state index contributed by atoms with van der Waals surface area (Å²) < 4.78 is 18.4. The van der Waals surface area contributed by atoms with Crippen molar-refractivity contribution in [2.45, 2.75) is 112 Å². The largest absolute Gasteiger partial charge is 0.472 e. The van der Waals surface area contributed by atoms with E-state index in [9.17, 15) is 14.4 Å². The zero-order valence-electron chi connectivity index (χ0n) is 25.3. The highest BCUT2D eigenvalue weighted by atomic mass is 16.6. The van der Waals surface area contributed by atoms with Crippen LogP contribution in [0.4, 0.5) is 0 Å². The fraction of sp³-hybridized carbons (Fsp3) is 0.676. The minimum Gasteiger partial charge on any atom is -0.472 e. The first kappa shape index (κ1) is 28.9. The average molecular weight is 551 g/mol. The van der Waals surface area contributed by atoms with Gasteiger partial charge in [-0.15, -0.1) is 0 Å². The normalized spacial score (nSPS) is 39.5. The summed E-state index contributed by atoms with van der Waals surface area (Å²) in [6.07, 6.45) is 13.0. The molecule has 1 aromatic heterocycles. The Bertz CT molecular complexity index is 1220. The smallest absolute Gasteiger partial charge is 0.306 e. The van der Waals surface area contributed by atoms with Crippen LogP contribution in [-0.4, -0.2) is 29.9 Å². The van der Waals surface area contributed by atoms with E-state index in [1.165, 1.54) is 11.1 Å². The molecule has 6 heteroatoms. The summed E-state index contributed by atoms with van der Waals surface area (Å²) in [5.74, 6) is -0.530. The van der Waals surface area contributed by atoms with Crippen LogP contribution in [0.3, 0.4) is 0 Å². The van der Waals surface area contributed by atoms with Crippen LogP contribution in [0.2, 0.25) is 0 Å².